The molecular formula is C26H28FN5O3S. The number of aromatic nitrogens is 3. The summed E-state index contributed by atoms with van der Waals surface area (Å²) >= 11 is 1.59. The normalized spacial score (nSPS) is 15.3. The van der Waals surface area contributed by atoms with Crippen LogP contribution >= 0.6 is 11.3 Å². The third kappa shape index (κ3) is 4.79. The highest BCUT2D eigenvalue weighted by Crippen LogP contribution is 2.33. The van der Waals surface area contributed by atoms with Gasteiger partial charge in [0.05, 0.1) is 5.52 Å². The number of halogens is 1. The minimum Gasteiger partial charge on any atom is -0.491 e. The van der Waals surface area contributed by atoms with Crippen LogP contribution in [0.5, 0.6) is 5.75 Å². The summed E-state index contributed by atoms with van der Waals surface area (Å²) in [5.74, 6) is 1.25. The molecular weight excluding hydrogens is 481 g/mol. The molecule has 2 aromatic carbocycles. The highest BCUT2D eigenvalue weighted by molar-refractivity contribution is 7.17. The van der Waals surface area contributed by atoms with Crippen LogP contribution in [-0.2, 0) is 0 Å². The second kappa shape index (κ2) is 10.3. The molecule has 4 heterocycles. The zero-order chi connectivity index (χ0) is 23.8. The van der Waals surface area contributed by atoms with E-state index in [2.05, 4.69) is 25.2 Å². The van der Waals surface area contributed by atoms with Crippen LogP contribution in [0, 0.1) is 5.82 Å². The molecule has 36 heavy (non-hydrogen) atoms. The second-order valence-electron chi connectivity index (χ2n) is 8.66. The van der Waals surface area contributed by atoms with E-state index in [1.807, 2.05) is 35.7 Å². The molecule has 0 amide bonds. The number of piperazine rings is 1. The number of thiophene rings is 1. The molecule has 0 bridgehead atoms. The molecule has 6 rings (SSSR count). The van der Waals surface area contributed by atoms with Gasteiger partial charge < -0.3 is 19.3 Å². The maximum Gasteiger partial charge on any atom is 0.178 e. The van der Waals surface area contributed by atoms with E-state index in [0.29, 0.717) is 17.8 Å². The van der Waals surface area contributed by atoms with E-state index in [1.54, 1.807) is 17.4 Å². The van der Waals surface area contributed by atoms with Crippen LogP contribution in [0.25, 0.3) is 32.4 Å². The number of benzene rings is 2. The van der Waals surface area contributed by atoms with Gasteiger partial charge in [-0.15, -0.1) is 11.3 Å². The minimum atomic E-state index is -0.615. The zero-order valence-electron chi connectivity index (χ0n) is 18.9. The van der Waals surface area contributed by atoms with Crippen molar-refractivity contribution in [2.75, 3.05) is 44.2 Å². The van der Waals surface area contributed by atoms with E-state index >= 15 is 0 Å². The van der Waals surface area contributed by atoms with Crippen LogP contribution in [0.15, 0.2) is 58.4 Å². The number of nitrogens with one attached hydrogen (secondary N) is 1. The lowest BCUT2D eigenvalue weighted by Gasteiger charge is -2.35. The lowest BCUT2D eigenvalue weighted by atomic mass is 10.1. The van der Waals surface area contributed by atoms with Crippen molar-refractivity contribution in [3.05, 3.63) is 59.7 Å². The van der Waals surface area contributed by atoms with Gasteiger partial charge in [-0.2, -0.15) is 5.10 Å². The quantitative estimate of drug-likeness (QED) is 0.327. The number of nitrogens with zero attached hydrogens (tertiary/aromatic N) is 4. The molecule has 0 spiro atoms. The molecule has 0 radical (unpaired) electrons. The number of aliphatic hydroxyl groups excluding tert-OH is 1. The second-order valence-corrected chi connectivity index (χ2v) is 9.58. The van der Waals surface area contributed by atoms with Gasteiger partial charge in [0.1, 0.15) is 34.7 Å². The Balaban J connectivity index is 0.00000267. The van der Waals surface area contributed by atoms with E-state index < -0.39 is 6.10 Å². The Bertz CT molecular complexity index is 1460. The van der Waals surface area contributed by atoms with Gasteiger partial charge in [-0.3, -0.25) is 10.00 Å². The first-order chi connectivity index (χ1) is 17.1. The van der Waals surface area contributed by atoms with Crippen molar-refractivity contribution in [3.63, 3.8) is 0 Å². The molecule has 188 valence electrons. The molecule has 1 fully saturated rings. The monoisotopic (exact) mass is 509 g/mol. The standard InChI is InChI=1S/C25H24FN5O3S.CH4/c26-17-4-5-20-21(13-17)27-28-25(20)31-9-7-30(8-10-31)14-18(32)15-33-19-3-1-2-16(12-19)23-24-22(34-29-23)6-11-35-24;/h1-6,11-13,18,32H,7-10,14-15H2,(H,27,28);1H4. The molecule has 10 heteroatoms. The van der Waals surface area contributed by atoms with E-state index in [0.717, 1.165) is 58.9 Å². The van der Waals surface area contributed by atoms with Crippen LogP contribution in [0.4, 0.5) is 10.2 Å². The van der Waals surface area contributed by atoms with Gasteiger partial charge in [0.2, 0.25) is 0 Å². The number of fused-ring (bicyclic) bond motifs is 2. The first-order valence-corrected chi connectivity index (χ1v) is 12.4. The summed E-state index contributed by atoms with van der Waals surface area (Å²) in [6, 6.07) is 14.3. The Morgan fingerprint density at radius 3 is 2.86 bits per heavy atom. The number of aliphatic hydroxyl groups is 1. The van der Waals surface area contributed by atoms with Crippen LogP contribution in [0.3, 0.4) is 0 Å². The summed E-state index contributed by atoms with van der Waals surface area (Å²) < 4.78 is 25.7. The summed E-state index contributed by atoms with van der Waals surface area (Å²) in [4.78, 5) is 4.41. The van der Waals surface area contributed by atoms with Gasteiger partial charge in [-0.25, -0.2) is 4.39 Å². The van der Waals surface area contributed by atoms with Crippen LogP contribution in [0.2, 0.25) is 0 Å². The van der Waals surface area contributed by atoms with Crippen molar-refractivity contribution in [1.29, 1.82) is 0 Å². The highest BCUT2D eigenvalue weighted by Gasteiger charge is 2.22. The maximum atomic E-state index is 13.5. The average molecular weight is 510 g/mol. The number of ether oxygens (including phenoxy) is 1. The Morgan fingerprint density at radius 1 is 1.14 bits per heavy atom. The fourth-order valence-corrected chi connectivity index (χ4v) is 5.32. The first kappa shape index (κ1) is 24.2. The molecule has 3 aromatic heterocycles. The van der Waals surface area contributed by atoms with Gasteiger partial charge in [-0.05, 0) is 41.8 Å². The van der Waals surface area contributed by atoms with Crippen molar-refractivity contribution in [1.82, 2.24) is 20.3 Å². The summed E-state index contributed by atoms with van der Waals surface area (Å²) in [5, 5.41) is 25.0. The van der Waals surface area contributed by atoms with Gasteiger partial charge in [0.15, 0.2) is 11.4 Å². The van der Waals surface area contributed by atoms with Crippen LogP contribution in [-0.4, -0.2) is 70.8 Å². The smallest absolute Gasteiger partial charge is 0.178 e. The Kier molecular flexibility index (Phi) is 6.90. The fourth-order valence-electron chi connectivity index (χ4n) is 4.50. The Hall–Kier alpha value is -3.47. The predicted octanol–water partition coefficient (Wildman–Crippen LogP) is 4.77. The summed E-state index contributed by atoms with van der Waals surface area (Å²) in [6.07, 6.45) is -0.615. The average Bonchev–Trinajstić information content (AvgIpc) is 3.59. The molecule has 8 nitrogen and oxygen atoms in total. The van der Waals surface area contributed by atoms with Crippen LogP contribution < -0.4 is 9.64 Å². The molecule has 1 aliphatic rings. The molecule has 1 unspecified atom stereocenters. The summed E-state index contributed by atoms with van der Waals surface area (Å²) in [5.41, 5.74) is 3.19. The lowest BCUT2D eigenvalue weighted by Crippen LogP contribution is -2.49. The molecule has 1 atom stereocenters. The molecule has 0 saturated carbocycles. The molecule has 5 aromatic rings. The van der Waals surface area contributed by atoms with E-state index in [1.165, 1.54) is 12.1 Å². The highest BCUT2D eigenvalue weighted by atomic mass is 32.1. The topological polar surface area (TPSA) is 90.7 Å². The Morgan fingerprint density at radius 2 is 2.00 bits per heavy atom. The van der Waals surface area contributed by atoms with E-state index in [-0.39, 0.29) is 19.9 Å². The van der Waals surface area contributed by atoms with Crippen molar-refractivity contribution in [2.45, 2.75) is 13.5 Å². The van der Waals surface area contributed by atoms with Crippen molar-refractivity contribution < 1.29 is 18.8 Å². The fraction of sp³-hybridized carbons (Fsp3) is 0.308. The number of anilines is 1. The summed E-state index contributed by atoms with van der Waals surface area (Å²) in [7, 11) is 0. The van der Waals surface area contributed by atoms with Gasteiger partial charge >= 0.3 is 0 Å². The van der Waals surface area contributed by atoms with Crippen LogP contribution in [0.1, 0.15) is 7.43 Å². The largest absolute Gasteiger partial charge is 0.491 e. The SMILES string of the molecule is C.OC(COc1cccc(-c2noc3ccsc23)c1)CN1CCN(c2n[nH]c3cc(F)ccc23)CC1. The summed E-state index contributed by atoms with van der Waals surface area (Å²) in [6.45, 7) is 3.88. The molecule has 0 aliphatic carbocycles. The van der Waals surface area contributed by atoms with Gasteiger partial charge in [0.25, 0.3) is 0 Å². The third-order valence-corrected chi connectivity index (χ3v) is 7.18. The molecule has 2 N–H and O–H groups in total. The van der Waals surface area contributed by atoms with E-state index in [4.69, 9.17) is 9.26 Å². The minimum absolute atomic E-state index is 0. The number of hydrogen-bond acceptors (Lipinski definition) is 8. The molecule has 1 aliphatic heterocycles. The van der Waals surface area contributed by atoms with Crippen molar-refractivity contribution >= 4 is 38.3 Å². The van der Waals surface area contributed by atoms with Crippen molar-refractivity contribution in [3.8, 4) is 17.0 Å². The predicted molar refractivity (Wildman–Crippen MR) is 140 cm³/mol. The van der Waals surface area contributed by atoms with E-state index in [9.17, 15) is 9.50 Å². The van der Waals surface area contributed by atoms with Crippen molar-refractivity contribution in [2.24, 2.45) is 0 Å². The maximum absolute atomic E-state index is 13.5. The third-order valence-electron chi connectivity index (χ3n) is 6.27. The van der Waals surface area contributed by atoms with Gasteiger partial charge in [-0.1, -0.05) is 24.7 Å². The first-order valence-electron chi connectivity index (χ1n) is 11.5. The Labute approximate surface area is 211 Å². The number of H-pyrrole nitrogens is 1. The van der Waals surface area contributed by atoms with Gasteiger partial charge in [0, 0.05) is 43.7 Å². The number of hydrogen-bond donors (Lipinski definition) is 2. The number of rotatable bonds is 7. The zero-order valence-corrected chi connectivity index (χ0v) is 19.7. The lowest BCUT2D eigenvalue weighted by molar-refractivity contribution is 0.0663. The number of aromatic amines is 1. The number of β-amino-alcohol motifs (C(OH)–C–C–N with tert-alkyl or cyclic N) is 1. The molecule has 1 saturated heterocycles.